The molecule has 0 bridgehead atoms. The molecule has 1 aliphatic carbocycles. The Bertz CT molecular complexity index is 1160. The fourth-order valence-corrected chi connectivity index (χ4v) is 4.06. The van der Waals surface area contributed by atoms with Crippen LogP contribution < -0.4 is 10.9 Å². The molecule has 7 heteroatoms. The predicted octanol–water partition coefficient (Wildman–Crippen LogP) is 3.24. The zero-order chi connectivity index (χ0) is 21.8. The van der Waals surface area contributed by atoms with Gasteiger partial charge in [-0.1, -0.05) is 56.2 Å². The van der Waals surface area contributed by atoms with Crippen molar-refractivity contribution in [3.8, 4) is 5.69 Å². The molecule has 1 heterocycles. The Morgan fingerprint density at radius 2 is 1.71 bits per heavy atom. The van der Waals surface area contributed by atoms with Crippen molar-refractivity contribution in [2.24, 2.45) is 5.92 Å². The maximum absolute atomic E-state index is 12.9. The van der Waals surface area contributed by atoms with Crippen molar-refractivity contribution in [3.63, 3.8) is 0 Å². The molecular formula is C24H25N3O4. The summed E-state index contributed by atoms with van der Waals surface area (Å²) in [6.45, 7) is 1.74. The summed E-state index contributed by atoms with van der Waals surface area (Å²) in [5.74, 6) is -0.658. The number of ether oxygens (including phenoxy) is 1. The molecule has 0 spiro atoms. The monoisotopic (exact) mass is 419 g/mol. The number of esters is 1. The topological polar surface area (TPSA) is 90.3 Å². The standard InChI is InChI=1S/C24H25N3O4/c1-16-9-5-8-14-20(16)25-21(28)15-31-24(30)22-18-12-6-7-13-19(18)23(29)27(26-22)17-10-3-2-4-11-17/h2-4,6-7,10-13,16,20H,5,8-9,14-15H2,1H3,(H,25,28)/t16-,20-/m0/s1. The van der Waals surface area contributed by atoms with Crippen LogP contribution in [0.25, 0.3) is 16.5 Å². The van der Waals surface area contributed by atoms with Gasteiger partial charge in [-0.05, 0) is 37.0 Å². The van der Waals surface area contributed by atoms with Gasteiger partial charge in [0.05, 0.1) is 11.1 Å². The first kappa shape index (κ1) is 20.8. The molecule has 2 atom stereocenters. The second-order valence-corrected chi connectivity index (χ2v) is 7.96. The molecule has 1 aromatic heterocycles. The Morgan fingerprint density at radius 1 is 1.03 bits per heavy atom. The molecule has 1 fully saturated rings. The molecule has 31 heavy (non-hydrogen) atoms. The fourth-order valence-electron chi connectivity index (χ4n) is 4.06. The summed E-state index contributed by atoms with van der Waals surface area (Å²) in [5, 5.41) is 7.99. The number of carbonyl (C=O) groups is 2. The van der Waals surface area contributed by atoms with Crippen LogP contribution in [-0.2, 0) is 9.53 Å². The van der Waals surface area contributed by atoms with Gasteiger partial charge in [-0.15, -0.1) is 0 Å². The van der Waals surface area contributed by atoms with E-state index in [2.05, 4.69) is 17.3 Å². The van der Waals surface area contributed by atoms with Crippen molar-refractivity contribution in [3.05, 3.63) is 70.6 Å². The van der Waals surface area contributed by atoms with E-state index in [1.165, 1.54) is 11.1 Å². The molecule has 1 saturated carbocycles. The van der Waals surface area contributed by atoms with Crippen LogP contribution >= 0.6 is 0 Å². The number of para-hydroxylation sites is 1. The summed E-state index contributed by atoms with van der Waals surface area (Å²) in [6.07, 6.45) is 4.29. The second kappa shape index (κ2) is 9.12. The number of hydrogen-bond donors (Lipinski definition) is 1. The molecule has 0 unspecified atom stereocenters. The Hall–Kier alpha value is -3.48. The smallest absolute Gasteiger partial charge is 0.359 e. The SMILES string of the molecule is C[C@H]1CCCC[C@@H]1NC(=O)COC(=O)c1nn(-c2ccccc2)c(=O)c2ccccc12. The van der Waals surface area contributed by atoms with Gasteiger partial charge < -0.3 is 10.1 Å². The first-order valence-corrected chi connectivity index (χ1v) is 10.6. The van der Waals surface area contributed by atoms with Crippen molar-refractivity contribution in [2.45, 2.75) is 38.6 Å². The average Bonchev–Trinajstić information content (AvgIpc) is 2.80. The van der Waals surface area contributed by atoms with Crippen LogP contribution in [0.3, 0.4) is 0 Å². The quantitative estimate of drug-likeness (QED) is 0.641. The van der Waals surface area contributed by atoms with Crippen molar-refractivity contribution < 1.29 is 14.3 Å². The van der Waals surface area contributed by atoms with E-state index in [-0.39, 0.29) is 29.8 Å². The van der Waals surface area contributed by atoms with Crippen LogP contribution in [0, 0.1) is 5.92 Å². The minimum absolute atomic E-state index is 0.00196. The van der Waals surface area contributed by atoms with Crippen LogP contribution in [0.4, 0.5) is 0 Å². The molecule has 1 aliphatic rings. The van der Waals surface area contributed by atoms with E-state index in [1.807, 2.05) is 6.07 Å². The first-order chi connectivity index (χ1) is 15.0. The van der Waals surface area contributed by atoms with Gasteiger partial charge in [-0.25, -0.2) is 4.79 Å². The molecule has 7 nitrogen and oxygen atoms in total. The highest BCUT2D eigenvalue weighted by Gasteiger charge is 2.24. The molecule has 160 valence electrons. The molecular weight excluding hydrogens is 394 g/mol. The number of hydrogen-bond acceptors (Lipinski definition) is 5. The van der Waals surface area contributed by atoms with Gasteiger partial charge in [0.15, 0.2) is 12.3 Å². The number of aromatic nitrogens is 2. The lowest BCUT2D eigenvalue weighted by Gasteiger charge is -2.29. The molecule has 0 aliphatic heterocycles. The van der Waals surface area contributed by atoms with E-state index < -0.39 is 5.97 Å². The van der Waals surface area contributed by atoms with Gasteiger partial charge in [0.25, 0.3) is 11.5 Å². The zero-order valence-corrected chi connectivity index (χ0v) is 17.4. The molecule has 1 N–H and O–H groups in total. The molecule has 0 saturated heterocycles. The van der Waals surface area contributed by atoms with E-state index in [1.54, 1.807) is 48.5 Å². The third kappa shape index (κ3) is 4.50. The van der Waals surface area contributed by atoms with E-state index in [0.717, 1.165) is 19.3 Å². The normalized spacial score (nSPS) is 18.5. The van der Waals surface area contributed by atoms with Gasteiger partial charge in [0.1, 0.15) is 0 Å². The minimum Gasteiger partial charge on any atom is -0.451 e. The highest BCUT2D eigenvalue weighted by molar-refractivity contribution is 6.02. The summed E-state index contributed by atoms with van der Waals surface area (Å²) in [7, 11) is 0. The van der Waals surface area contributed by atoms with E-state index in [4.69, 9.17) is 4.74 Å². The van der Waals surface area contributed by atoms with Gasteiger partial charge in [-0.2, -0.15) is 9.78 Å². The second-order valence-electron chi connectivity index (χ2n) is 7.96. The lowest BCUT2D eigenvalue weighted by molar-refractivity contribution is -0.125. The average molecular weight is 419 g/mol. The van der Waals surface area contributed by atoms with Gasteiger partial charge in [0, 0.05) is 11.4 Å². The predicted molar refractivity (Wildman–Crippen MR) is 117 cm³/mol. The number of rotatable bonds is 5. The first-order valence-electron chi connectivity index (χ1n) is 10.6. The Morgan fingerprint density at radius 3 is 2.45 bits per heavy atom. The van der Waals surface area contributed by atoms with Crippen molar-refractivity contribution >= 4 is 22.6 Å². The number of benzene rings is 2. The summed E-state index contributed by atoms with van der Waals surface area (Å²) in [5.41, 5.74) is 0.205. The van der Waals surface area contributed by atoms with Gasteiger partial charge in [-0.3, -0.25) is 9.59 Å². The highest BCUT2D eigenvalue weighted by Crippen LogP contribution is 2.23. The van der Waals surface area contributed by atoms with Crippen molar-refractivity contribution in [1.82, 2.24) is 15.1 Å². The van der Waals surface area contributed by atoms with Crippen molar-refractivity contribution in [1.29, 1.82) is 0 Å². The third-order valence-electron chi connectivity index (χ3n) is 5.79. The highest BCUT2D eigenvalue weighted by atomic mass is 16.5. The maximum atomic E-state index is 12.9. The third-order valence-corrected chi connectivity index (χ3v) is 5.79. The van der Waals surface area contributed by atoms with E-state index in [0.29, 0.717) is 22.4 Å². The summed E-state index contributed by atoms with van der Waals surface area (Å²) < 4.78 is 6.46. The van der Waals surface area contributed by atoms with Crippen LogP contribution in [0.1, 0.15) is 43.1 Å². The van der Waals surface area contributed by atoms with Crippen LogP contribution in [0.15, 0.2) is 59.4 Å². The fraction of sp³-hybridized carbons (Fsp3) is 0.333. The number of nitrogens with one attached hydrogen (secondary N) is 1. The molecule has 3 aromatic rings. The number of fused-ring (bicyclic) bond motifs is 1. The van der Waals surface area contributed by atoms with Crippen LogP contribution in [0.5, 0.6) is 0 Å². The maximum Gasteiger partial charge on any atom is 0.359 e. The Kier molecular flexibility index (Phi) is 6.11. The van der Waals surface area contributed by atoms with Crippen LogP contribution in [0.2, 0.25) is 0 Å². The van der Waals surface area contributed by atoms with E-state index in [9.17, 15) is 14.4 Å². The summed E-state index contributed by atoms with van der Waals surface area (Å²) in [6, 6.07) is 15.7. The van der Waals surface area contributed by atoms with Gasteiger partial charge >= 0.3 is 5.97 Å². The minimum atomic E-state index is -0.743. The van der Waals surface area contributed by atoms with E-state index >= 15 is 0 Å². The van der Waals surface area contributed by atoms with Crippen LogP contribution in [-0.4, -0.2) is 34.3 Å². The lowest BCUT2D eigenvalue weighted by Crippen LogP contribution is -2.43. The van der Waals surface area contributed by atoms with Crippen molar-refractivity contribution in [2.75, 3.05) is 6.61 Å². The molecule has 1 amide bonds. The summed E-state index contributed by atoms with van der Waals surface area (Å²) in [4.78, 5) is 38.1. The molecule has 2 aromatic carbocycles. The largest absolute Gasteiger partial charge is 0.451 e. The zero-order valence-electron chi connectivity index (χ0n) is 17.4. The van der Waals surface area contributed by atoms with Gasteiger partial charge in [0.2, 0.25) is 0 Å². The molecule has 0 radical (unpaired) electrons. The molecule has 4 rings (SSSR count). The summed E-state index contributed by atoms with van der Waals surface area (Å²) >= 11 is 0. The Labute approximate surface area is 180 Å². The Balaban J connectivity index is 1.57. The number of amides is 1. The lowest BCUT2D eigenvalue weighted by atomic mass is 9.86. The number of carbonyl (C=O) groups excluding carboxylic acids is 2. The number of nitrogens with zero attached hydrogens (tertiary/aromatic N) is 2.